The first kappa shape index (κ1) is 23.3. The predicted octanol–water partition coefficient (Wildman–Crippen LogP) is 4.73. The van der Waals surface area contributed by atoms with E-state index in [1.54, 1.807) is 50.4 Å². The molecule has 4 rings (SSSR count). The van der Waals surface area contributed by atoms with E-state index < -0.39 is 22.6 Å². The summed E-state index contributed by atoms with van der Waals surface area (Å²) in [5, 5.41) is 0.743. The van der Waals surface area contributed by atoms with Gasteiger partial charge in [-0.15, -0.1) is 0 Å². The highest BCUT2D eigenvalue weighted by atomic mass is 32.2. The molecular formula is C26H24N2O5S. The number of para-hydroxylation sites is 2. The summed E-state index contributed by atoms with van der Waals surface area (Å²) in [5.41, 5.74) is 2.32. The van der Waals surface area contributed by atoms with E-state index in [2.05, 4.69) is 4.98 Å². The van der Waals surface area contributed by atoms with Crippen molar-refractivity contribution in [1.82, 2.24) is 4.98 Å². The Bertz CT molecular complexity index is 1460. The maximum Gasteiger partial charge on any atom is 0.338 e. The van der Waals surface area contributed by atoms with Crippen molar-refractivity contribution in [2.75, 3.05) is 17.5 Å². The zero-order chi connectivity index (χ0) is 24.3. The van der Waals surface area contributed by atoms with E-state index in [0.29, 0.717) is 16.8 Å². The molecule has 0 aliphatic heterocycles. The van der Waals surface area contributed by atoms with E-state index in [1.165, 1.54) is 16.4 Å². The molecule has 0 amide bonds. The van der Waals surface area contributed by atoms with Crippen molar-refractivity contribution >= 4 is 38.4 Å². The molecule has 1 aromatic heterocycles. The Morgan fingerprint density at radius 3 is 2.41 bits per heavy atom. The Labute approximate surface area is 198 Å². The summed E-state index contributed by atoms with van der Waals surface area (Å²) in [7, 11) is -3.93. The fourth-order valence-corrected chi connectivity index (χ4v) is 5.53. The Kier molecular flexibility index (Phi) is 6.51. The summed E-state index contributed by atoms with van der Waals surface area (Å²) in [4.78, 5) is 28.3. The minimum atomic E-state index is -3.93. The summed E-state index contributed by atoms with van der Waals surface area (Å²) in [6.07, 6.45) is 1.58. The minimum absolute atomic E-state index is 0.00982. The Balaban J connectivity index is 1.55. The van der Waals surface area contributed by atoms with Gasteiger partial charge in [-0.3, -0.25) is 9.10 Å². The quantitative estimate of drug-likeness (QED) is 0.293. The highest BCUT2D eigenvalue weighted by Gasteiger charge is 2.27. The number of ether oxygens (including phenoxy) is 1. The van der Waals surface area contributed by atoms with Gasteiger partial charge in [-0.25, -0.2) is 13.2 Å². The van der Waals surface area contributed by atoms with E-state index in [4.69, 9.17) is 4.74 Å². The molecule has 3 aromatic carbocycles. The molecule has 7 nitrogen and oxygen atoms in total. The number of fused-ring (bicyclic) bond motifs is 1. The molecule has 0 unspecified atom stereocenters. The molecule has 0 spiro atoms. The first-order valence-electron chi connectivity index (χ1n) is 10.8. The van der Waals surface area contributed by atoms with Gasteiger partial charge in [0.1, 0.15) is 0 Å². The number of sulfonamides is 1. The van der Waals surface area contributed by atoms with E-state index in [-0.39, 0.29) is 22.8 Å². The lowest BCUT2D eigenvalue weighted by atomic mass is 10.1. The third-order valence-electron chi connectivity index (χ3n) is 5.55. The number of aryl methyl sites for hydroxylation is 1. The van der Waals surface area contributed by atoms with E-state index in [9.17, 15) is 18.0 Å². The molecule has 8 heteroatoms. The van der Waals surface area contributed by atoms with Gasteiger partial charge >= 0.3 is 5.97 Å². The number of ketones is 1. The van der Waals surface area contributed by atoms with Crippen molar-refractivity contribution in [2.24, 2.45) is 0 Å². The van der Waals surface area contributed by atoms with Gasteiger partial charge in [-0.1, -0.05) is 42.5 Å². The standard InChI is InChI=1S/C26H24N2O5S/c1-3-28(20-9-5-4-6-10-20)34(31,32)25-15-19(14-13-18(25)2)26(30)33-17-24(29)22-16-27-23-12-8-7-11-21(22)23/h4-16,27H,3,17H2,1-2H3. The van der Waals surface area contributed by atoms with Crippen molar-refractivity contribution in [1.29, 1.82) is 0 Å². The molecule has 0 radical (unpaired) electrons. The van der Waals surface area contributed by atoms with Crippen molar-refractivity contribution in [2.45, 2.75) is 18.7 Å². The number of nitrogens with zero attached hydrogens (tertiary/aromatic N) is 1. The topological polar surface area (TPSA) is 96.5 Å². The molecule has 0 bridgehead atoms. The van der Waals surface area contributed by atoms with Gasteiger partial charge in [0.15, 0.2) is 6.61 Å². The molecule has 0 atom stereocenters. The summed E-state index contributed by atoms with van der Waals surface area (Å²) >= 11 is 0. The molecule has 0 saturated carbocycles. The second-order valence-electron chi connectivity index (χ2n) is 7.73. The number of rotatable bonds is 8. The summed E-state index contributed by atoms with van der Waals surface area (Å²) in [5.74, 6) is -1.13. The Hall–Kier alpha value is -3.91. The number of nitrogens with one attached hydrogen (secondary N) is 1. The molecule has 34 heavy (non-hydrogen) atoms. The van der Waals surface area contributed by atoms with Crippen LogP contribution in [0.25, 0.3) is 10.9 Å². The van der Waals surface area contributed by atoms with E-state index >= 15 is 0 Å². The number of aromatic nitrogens is 1. The summed E-state index contributed by atoms with van der Waals surface area (Å²) in [6, 6.07) is 20.4. The van der Waals surface area contributed by atoms with Crippen molar-refractivity contribution in [3.05, 3.63) is 95.7 Å². The number of hydrogen-bond acceptors (Lipinski definition) is 5. The number of Topliss-reactive ketones (excluding diaryl/α,β-unsaturated/α-hetero) is 1. The lowest BCUT2D eigenvalue weighted by Gasteiger charge is -2.24. The number of carbonyl (C=O) groups is 2. The molecule has 0 aliphatic carbocycles. The van der Waals surface area contributed by atoms with E-state index in [1.807, 2.05) is 30.3 Å². The third kappa shape index (κ3) is 4.45. The van der Waals surface area contributed by atoms with Crippen LogP contribution >= 0.6 is 0 Å². The molecule has 0 aliphatic rings. The number of esters is 1. The molecule has 1 N–H and O–H groups in total. The summed E-state index contributed by atoms with van der Waals surface area (Å²) in [6.45, 7) is 3.18. The van der Waals surface area contributed by atoms with Crippen molar-refractivity contribution in [3.8, 4) is 0 Å². The average molecular weight is 477 g/mol. The molecule has 4 aromatic rings. The van der Waals surface area contributed by atoms with Crippen molar-refractivity contribution < 1.29 is 22.7 Å². The zero-order valence-corrected chi connectivity index (χ0v) is 19.6. The Morgan fingerprint density at radius 2 is 1.68 bits per heavy atom. The largest absolute Gasteiger partial charge is 0.454 e. The Morgan fingerprint density at radius 1 is 0.971 bits per heavy atom. The predicted molar refractivity (Wildman–Crippen MR) is 131 cm³/mol. The first-order valence-corrected chi connectivity index (χ1v) is 12.2. The van der Waals surface area contributed by atoms with E-state index in [0.717, 1.165) is 10.9 Å². The average Bonchev–Trinajstić information content (AvgIpc) is 3.28. The van der Waals surface area contributed by atoms with Gasteiger partial charge in [0.2, 0.25) is 5.78 Å². The van der Waals surface area contributed by atoms with Gasteiger partial charge in [0.05, 0.1) is 16.1 Å². The SMILES string of the molecule is CCN(c1ccccc1)S(=O)(=O)c1cc(C(=O)OCC(=O)c2c[nH]c3ccccc23)ccc1C. The highest BCUT2D eigenvalue weighted by Crippen LogP contribution is 2.26. The van der Waals surface area contributed by atoms with Gasteiger partial charge in [-0.05, 0) is 49.7 Å². The van der Waals surface area contributed by atoms with Gasteiger partial charge in [0, 0.05) is 29.2 Å². The molecule has 174 valence electrons. The third-order valence-corrected chi connectivity index (χ3v) is 7.59. The number of H-pyrrole nitrogens is 1. The maximum atomic E-state index is 13.4. The monoisotopic (exact) mass is 476 g/mol. The lowest BCUT2D eigenvalue weighted by molar-refractivity contribution is 0.0475. The van der Waals surface area contributed by atoms with Crippen LogP contribution in [0, 0.1) is 6.92 Å². The van der Waals surface area contributed by atoms with Crippen LogP contribution in [0.1, 0.15) is 33.2 Å². The fourth-order valence-electron chi connectivity index (χ4n) is 3.80. The molecule has 0 fully saturated rings. The maximum absolute atomic E-state index is 13.4. The van der Waals surface area contributed by atoms with Crippen LogP contribution in [-0.4, -0.2) is 38.3 Å². The van der Waals surface area contributed by atoms with Gasteiger partial charge < -0.3 is 9.72 Å². The van der Waals surface area contributed by atoms with Crippen LogP contribution in [0.15, 0.2) is 83.9 Å². The normalized spacial score (nSPS) is 11.4. The zero-order valence-electron chi connectivity index (χ0n) is 18.8. The highest BCUT2D eigenvalue weighted by molar-refractivity contribution is 7.92. The fraction of sp³-hybridized carbons (Fsp3) is 0.154. The van der Waals surface area contributed by atoms with Crippen LogP contribution in [0.2, 0.25) is 0 Å². The van der Waals surface area contributed by atoms with Gasteiger partial charge in [0.25, 0.3) is 10.0 Å². The second-order valence-corrected chi connectivity index (χ2v) is 9.56. The number of benzene rings is 3. The first-order chi connectivity index (χ1) is 16.3. The minimum Gasteiger partial charge on any atom is -0.454 e. The van der Waals surface area contributed by atoms with Crippen LogP contribution in [-0.2, 0) is 14.8 Å². The van der Waals surface area contributed by atoms with Crippen LogP contribution in [0.3, 0.4) is 0 Å². The number of aromatic amines is 1. The molecule has 1 heterocycles. The summed E-state index contributed by atoms with van der Waals surface area (Å²) < 4.78 is 33.4. The number of hydrogen-bond donors (Lipinski definition) is 1. The lowest BCUT2D eigenvalue weighted by Crippen LogP contribution is -2.31. The number of anilines is 1. The van der Waals surface area contributed by atoms with Gasteiger partial charge in [-0.2, -0.15) is 0 Å². The molecule has 0 saturated heterocycles. The van der Waals surface area contributed by atoms with Crippen molar-refractivity contribution in [3.63, 3.8) is 0 Å². The van der Waals surface area contributed by atoms with Crippen LogP contribution in [0.5, 0.6) is 0 Å². The molecular weight excluding hydrogens is 452 g/mol. The second kappa shape index (κ2) is 9.52. The van der Waals surface area contributed by atoms with Crippen LogP contribution in [0.4, 0.5) is 5.69 Å². The number of carbonyl (C=O) groups excluding carboxylic acids is 2. The smallest absolute Gasteiger partial charge is 0.338 e. The van der Waals surface area contributed by atoms with Crippen LogP contribution < -0.4 is 4.31 Å².